The minimum Gasteiger partial charge on any atom is -0.466 e. The lowest BCUT2D eigenvalue weighted by molar-refractivity contribution is -0.148. The van der Waals surface area contributed by atoms with Crippen molar-refractivity contribution in [2.45, 2.75) is 32.7 Å². The molecule has 0 aromatic rings. The number of rotatable bonds is 2. The van der Waals surface area contributed by atoms with Crippen LogP contribution in [0.3, 0.4) is 0 Å². The topological polar surface area (TPSA) is 38.3 Å². The van der Waals surface area contributed by atoms with E-state index in [2.05, 4.69) is 12.2 Å². The summed E-state index contributed by atoms with van der Waals surface area (Å²) in [6.07, 6.45) is 2.04. The molecule has 0 aromatic carbocycles. The van der Waals surface area contributed by atoms with Crippen molar-refractivity contribution in [3.63, 3.8) is 0 Å². The maximum atomic E-state index is 11.2. The monoisotopic (exact) mass is 171 g/mol. The molecule has 0 radical (unpaired) electrons. The first kappa shape index (κ1) is 9.52. The van der Waals surface area contributed by atoms with Crippen LogP contribution in [0.1, 0.15) is 26.7 Å². The fourth-order valence-electron chi connectivity index (χ4n) is 1.46. The Balaban J connectivity index is 2.29. The molecule has 0 spiro atoms. The molecule has 0 bridgehead atoms. The summed E-state index contributed by atoms with van der Waals surface area (Å²) in [6, 6.07) is 0.552. The summed E-state index contributed by atoms with van der Waals surface area (Å²) in [4.78, 5) is 11.2. The Labute approximate surface area is 73.5 Å². The number of piperidine rings is 1. The van der Waals surface area contributed by atoms with E-state index in [0.717, 1.165) is 19.4 Å². The van der Waals surface area contributed by atoms with E-state index in [1.165, 1.54) is 0 Å². The lowest BCUT2D eigenvalue weighted by atomic mass is 9.96. The van der Waals surface area contributed by atoms with Gasteiger partial charge in [-0.2, -0.15) is 0 Å². The molecule has 0 aliphatic carbocycles. The van der Waals surface area contributed by atoms with Gasteiger partial charge in [-0.1, -0.05) is 0 Å². The Morgan fingerprint density at radius 3 is 2.83 bits per heavy atom. The standard InChI is InChI=1S/C9H17NO2/c1-3-12-9(11)8-5-4-7(2)10-6-8/h7-8,10H,3-6H2,1-2H3. The van der Waals surface area contributed by atoms with Crippen LogP contribution in [0.2, 0.25) is 0 Å². The van der Waals surface area contributed by atoms with Crippen LogP contribution < -0.4 is 5.32 Å². The van der Waals surface area contributed by atoms with Crippen molar-refractivity contribution >= 4 is 5.97 Å². The molecule has 3 heteroatoms. The second-order valence-electron chi connectivity index (χ2n) is 3.34. The van der Waals surface area contributed by atoms with Crippen molar-refractivity contribution in [1.82, 2.24) is 5.32 Å². The van der Waals surface area contributed by atoms with Gasteiger partial charge in [0.2, 0.25) is 0 Å². The normalized spacial score (nSPS) is 29.8. The molecular formula is C9H17NO2. The molecule has 1 aliphatic rings. The first-order valence-electron chi connectivity index (χ1n) is 4.64. The van der Waals surface area contributed by atoms with E-state index in [0.29, 0.717) is 12.6 Å². The zero-order chi connectivity index (χ0) is 8.97. The smallest absolute Gasteiger partial charge is 0.310 e. The van der Waals surface area contributed by atoms with Crippen molar-refractivity contribution in [2.24, 2.45) is 5.92 Å². The Morgan fingerprint density at radius 2 is 2.33 bits per heavy atom. The molecule has 0 amide bonds. The van der Waals surface area contributed by atoms with Crippen molar-refractivity contribution in [3.8, 4) is 0 Å². The molecule has 70 valence electrons. The summed E-state index contributed by atoms with van der Waals surface area (Å²) in [7, 11) is 0. The number of carbonyl (C=O) groups excluding carboxylic acids is 1. The summed E-state index contributed by atoms with van der Waals surface area (Å²) in [5, 5.41) is 3.27. The van der Waals surface area contributed by atoms with Crippen LogP contribution in [0, 0.1) is 5.92 Å². The van der Waals surface area contributed by atoms with Gasteiger partial charge in [0.1, 0.15) is 0 Å². The van der Waals surface area contributed by atoms with E-state index < -0.39 is 0 Å². The SMILES string of the molecule is CCOC(=O)C1CCC(C)NC1. The number of ether oxygens (including phenoxy) is 1. The van der Waals surface area contributed by atoms with Crippen molar-refractivity contribution in [1.29, 1.82) is 0 Å². The molecule has 1 rings (SSSR count). The predicted octanol–water partition coefficient (Wildman–Crippen LogP) is 0.938. The summed E-state index contributed by atoms with van der Waals surface area (Å²) in [5.74, 6) is 0.0399. The zero-order valence-electron chi connectivity index (χ0n) is 7.80. The highest BCUT2D eigenvalue weighted by Crippen LogP contribution is 2.15. The number of nitrogens with one attached hydrogen (secondary N) is 1. The lowest BCUT2D eigenvalue weighted by Crippen LogP contribution is -2.40. The van der Waals surface area contributed by atoms with Gasteiger partial charge in [0.15, 0.2) is 0 Å². The van der Waals surface area contributed by atoms with Gasteiger partial charge in [0, 0.05) is 12.6 Å². The highest BCUT2D eigenvalue weighted by atomic mass is 16.5. The van der Waals surface area contributed by atoms with Gasteiger partial charge in [-0.15, -0.1) is 0 Å². The van der Waals surface area contributed by atoms with Crippen LogP contribution >= 0.6 is 0 Å². The minimum atomic E-state index is -0.0445. The van der Waals surface area contributed by atoms with Crippen LogP contribution in [-0.2, 0) is 9.53 Å². The molecule has 3 nitrogen and oxygen atoms in total. The maximum Gasteiger partial charge on any atom is 0.310 e. The Morgan fingerprint density at radius 1 is 1.58 bits per heavy atom. The molecule has 1 N–H and O–H groups in total. The fourth-order valence-corrected chi connectivity index (χ4v) is 1.46. The Hall–Kier alpha value is -0.570. The van der Waals surface area contributed by atoms with Gasteiger partial charge in [-0.3, -0.25) is 4.79 Å². The highest BCUT2D eigenvalue weighted by molar-refractivity contribution is 5.72. The maximum absolute atomic E-state index is 11.2. The highest BCUT2D eigenvalue weighted by Gasteiger charge is 2.24. The van der Waals surface area contributed by atoms with E-state index in [9.17, 15) is 4.79 Å². The van der Waals surface area contributed by atoms with Gasteiger partial charge in [-0.25, -0.2) is 0 Å². The number of hydrogen-bond acceptors (Lipinski definition) is 3. The summed E-state index contributed by atoms with van der Waals surface area (Å²) in [6.45, 7) is 5.25. The van der Waals surface area contributed by atoms with E-state index in [4.69, 9.17) is 4.74 Å². The number of hydrogen-bond donors (Lipinski definition) is 1. The molecule has 0 saturated carbocycles. The van der Waals surface area contributed by atoms with E-state index in [1.807, 2.05) is 6.92 Å². The molecule has 1 fully saturated rings. The largest absolute Gasteiger partial charge is 0.466 e. The van der Waals surface area contributed by atoms with Crippen LogP contribution in [-0.4, -0.2) is 25.2 Å². The molecular weight excluding hydrogens is 154 g/mol. The number of carbonyl (C=O) groups is 1. The molecule has 2 unspecified atom stereocenters. The van der Waals surface area contributed by atoms with Gasteiger partial charge in [0.05, 0.1) is 12.5 Å². The third-order valence-electron chi connectivity index (χ3n) is 2.28. The first-order valence-corrected chi connectivity index (χ1v) is 4.64. The van der Waals surface area contributed by atoms with Gasteiger partial charge in [-0.05, 0) is 26.7 Å². The van der Waals surface area contributed by atoms with Crippen molar-refractivity contribution < 1.29 is 9.53 Å². The zero-order valence-corrected chi connectivity index (χ0v) is 7.80. The van der Waals surface area contributed by atoms with Crippen molar-refractivity contribution in [2.75, 3.05) is 13.2 Å². The molecule has 1 saturated heterocycles. The fraction of sp³-hybridized carbons (Fsp3) is 0.889. The average Bonchev–Trinajstić information content (AvgIpc) is 2.06. The second-order valence-corrected chi connectivity index (χ2v) is 3.34. The van der Waals surface area contributed by atoms with Crippen molar-refractivity contribution in [3.05, 3.63) is 0 Å². The van der Waals surface area contributed by atoms with Gasteiger partial charge < -0.3 is 10.1 Å². The second kappa shape index (κ2) is 4.45. The lowest BCUT2D eigenvalue weighted by Gasteiger charge is -2.25. The van der Waals surface area contributed by atoms with Crippen LogP contribution in [0.4, 0.5) is 0 Å². The van der Waals surface area contributed by atoms with E-state index in [1.54, 1.807) is 0 Å². The molecule has 12 heavy (non-hydrogen) atoms. The van der Waals surface area contributed by atoms with Gasteiger partial charge >= 0.3 is 5.97 Å². The molecule has 0 aromatic heterocycles. The van der Waals surface area contributed by atoms with Crippen LogP contribution in [0.5, 0.6) is 0 Å². The number of esters is 1. The minimum absolute atomic E-state index is 0.0445. The quantitative estimate of drug-likeness (QED) is 0.628. The van der Waals surface area contributed by atoms with E-state index >= 15 is 0 Å². The molecule has 1 aliphatic heterocycles. The van der Waals surface area contributed by atoms with E-state index in [-0.39, 0.29) is 11.9 Å². The van der Waals surface area contributed by atoms with Gasteiger partial charge in [0.25, 0.3) is 0 Å². The third-order valence-corrected chi connectivity index (χ3v) is 2.28. The van der Waals surface area contributed by atoms with Crippen LogP contribution in [0.25, 0.3) is 0 Å². The summed E-state index contributed by atoms with van der Waals surface area (Å²) in [5.41, 5.74) is 0. The molecule has 2 atom stereocenters. The third kappa shape index (κ3) is 2.48. The molecule has 1 heterocycles. The Bertz CT molecular complexity index is 151. The predicted molar refractivity (Wildman–Crippen MR) is 46.8 cm³/mol. The summed E-state index contributed by atoms with van der Waals surface area (Å²) < 4.78 is 4.94. The van der Waals surface area contributed by atoms with Crippen LogP contribution in [0.15, 0.2) is 0 Å². The first-order chi connectivity index (χ1) is 5.74. The Kier molecular flexibility index (Phi) is 3.53. The average molecular weight is 171 g/mol. The summed E-state index contributed by atoms with van der Waals surface area (Å²) >= 11 is 0.